The van der Waals surface area contributed by atoms with E-state index in [4.69, 9.17) is 21.3 Å². The van der Waals surface area contributed by atoms with Crippen molar-refractivity contribution in [2.45, 2.75) is 6.54 Å². The predicted molar refractivity (Wildman–Crippen MR) is 82.8 cm³/mol. The van der Waals surface area contributed by atoms with Crippen LogP contribution >= 0.6 is 24.4 Å². The van der Waals surface area contributed by atoms with E-state index in [1.54, 1.807) is 0 Å². The monoisotopic (exact) mass is 345 g/mol. The third kappa shape index (κ3) is 4.17. The van der Waals surface area contributed by atoms with Gasteiger partial charge in [0.2, 0.25) is 0 Å². The summed E-state index contributed by atoms with van der Waals surface area (Å²) in [6, 6.07) is 4.05. The standard InChI is InChI=1S/C12H13ClFN5O2S/c13-8-5-7(1-2-9(8)14)16-12(19-22)11-10(17-21-18-11)6-15-3-4-20/h1-2,5,15,20,22H,3-4,6H2,(H,16,19). The number of hydrogen-bond donors (Lipinski definition) is 4. The van der Waals surface area contributed by atoms with Gasteiger partial charge in [0.1, 0.15) is 11.5 Å². The number of nitrogens with zero attached hydrogens (tertiary/aromatic N) is 3. The van der Waals surface area contributed by atoms with Crippen molar-refractivity contribution in [3.63, 3.8) is 0 Å². The molecule has 3 N–H and O–H groups in total. The molecule has 7 nitrogen and oxygen atoms in total. The van der Waals surface area contributed by atoms with Gasteiger partial charge in [0.15, 0.2) is 11.5 Å². The Bertz CT molecular complexity index is 667. The van der Waals surface area contributed by atoms with Crippen LogP contribution in [0.1, 0.15) is 11.4 Å². The molecule has 0 unspecified atom stereocenters. The van der Waals surface area contributed by atoms with E-state index in [1.165, 1.54) is 18.2 Å². The Labute approximate surface area is 136 Å². The Kier molecular flexibility index (Phi) is 6.13. The molecule has 0 amide bonds. The van der Waals surface area contributed by atoms with Crippen molar-refractivity contribution in [1.82, 2.24) is 20.4 Å². The van der Waals surface area contributed by atoms with Crippen molar-refractivity contribution in [1.29, 1.82) is 0 Å². The Morgan fingerprint density at radius 2 is 2.27 bits per heavy atom. The fourth-order valence-electron chi connectivity index (χ4n) is 1.60. The van der Waals surface area contributed by atoms with E-state index < -0.39 is 5.82 Å². The summed E-state index contributed by atoms with van der Waals surface area (Å²) in [7, 11) is 0. The Hall–Kier alpha value is -1.68. The van der Waals surface area contributed by atoms with Gasteiger partial charge in [0.25, 0.3) is 0 Å². The molecule has 1 aromatic carbocycles. The molecule has 1 aromatic heterocycles. The highest BCUT2D eigenvalue weighted by Crippen LogP contribution is 2.22. The van der Waals surface area contributed by atoms with E-state index in [2.05, 4.69) is 38.2 Å². The van der Waals surface area contributed by atoms with E-state index in [1.807, 2.05) is 0 Å². The first-order valence-electron chi connectivity index (χ1n) is 6.23. The minimum atomic E-state index is -0.530. The first kappa shape index (κ1) is 16.7. The van der Waals surface area contributed by atoms with Crippen molar-refractivity contribution in [3.8, 4) is 0 Å². The average molecular weight is 346 g/mol. The molecule has 0 saturated heterocycles. The molecule has 2 aromatic rings. The first-order valence-corrected chi connectivity index (χ1v) is 7.05. The molecule has 0 atom stereocenters. The topological polar surface area (TPSA) is 95.6 Å². The quantitative estimate of drug-likeness (QED) is 0.274. The summed E-state index contributed by atoms with van der Waals surface area (Å²) in [6.07, 6.45) is 0. The summed E-state index contributed by atoms with van der Waals surface area (Å²) >= 11 is 9.69. The Morgan fingerprint density at radius 1 is 1.45 bits per heavy atom. The molecule has 0 fully saturated rings. The van der Waals surface area contributed by atoms with E-state index in [-0.39, 0.29) is 17.5 Å². The van der Waals surface area contributed by atoms with E-state index in [0.717, 1.165) is 0 Å². The van der Waals surface area contributed by atoms with Crippen molar-refractivity contribution in [2.75, 3.05) is 13.2 Å². The predicted octanol–water partition coefficient (Wildman–Crippen LogP) is 1.46. The second kappa shape index (κ2) is 8.08. The number of aliphatic imine (C=N–C) groups is 1. The van der Waals surface area contributed by atoms with Crippen LogP contribution in [0.25, 0.3) is 0 Å². The maximum atomic E-state index is 13.2. The van der Waals surface area contributed by atoms with Gasteiger partial charge in [0.05, 0.1) is 17.3 Å². The van der Waals surface area contributed by atoms with Gasteiger partial charge in [-0.2, -0.15) is 0 Å². The van der Waals surface area contributed by atoms with Gasteiger partial charge in [-0.25, -0.2) is 14.0 Å². The van der Waals surface area contributed by atoms with Crippen molar-refractivity contribution >= 4 is 35.9 Å². The largest absolute Gasteiger partial charge is 0.395 e. The second-order valence-electron chi connectivity index (χ2n) is 4.13. The minimum absolute atomic E-state index is 0.000453. The summed E-state index contributed by atoms with van der Waals surface area (Å²) in [5.41, 5.74) is 1.25. The third-order valence-electron chi connectivity index (χ3n) is 2.61. The van der Waals surface area contributed by atoms with Crippen LogP contribution in [-0.4, -0.2) is 34.4 Å². The SMILES string of the molecule is OCCNCc1nonc1C(=Nc1ccc(F)c(Cl)c1)NS. The van der Waals surface area contributed by atoms with Crippen LogP contribution in [0.5, 0.6) is 0 Å². The van der Waals surface area contributed by atoms with Gasteiger partial charge in [0, 0.05) is 13.1 Å². The number of aliphatic hydroxyl groups excluding tert-OH is 1. The zero-order valence-electron chi connectivity index (χ0n) is 11.3. The number of rotatable bonds is 6. The molecular weight excluding hydrogens is 333 g/mol. The summed E-state index contributed by atoms with van der Waals surface area (Å²) < 4.78 is 20.4. The molecule has 0 radical (unpaired) electrons. The molecule has 0 bridgehead atoms. The summed E-state index contributed by atoms with van der Waals surface area (Å²) in [5.74, 6) is -0.258. The van der Waals surface area contributed by atoms with E-state index in [0.29, 0.717) is 30.2 Å². The van der Waals surface area contributed by atoms with E-state index >= 15 is 0 Å². The number of aromatic nitrogens is 2. The molecule has 1 heterocycles. The molecule has 0 aliphatic rings. The highest BCUT2D eigenvalue weighted by molar-refractivity contribution is 7.78. The fourth-order valence-corrected chi connectivity index (χ4v) is 1.93. The smallest absolute Gasteiger partial charge is 0.175 e. The summed E-state index contributed by atoms with van der Waals surface area (Å²) in [4.78, 5) is 4.25. The second-order valence-corrected chi connectivity index (χ2v) is 4.76. The van der Waals surface area contributed by atoms with Crippen LogP contribution in [0, 0.1) is 5.82 Å². The third-order valence-corrected chi connectivity index (χ3v) is 3.11. The summed E-state index contributed by atoms with van der Waals surface area (Å²) in [5, 5.41) is 19.2. The van der Waals surface area contributed by atoms with Crippen molar-refractivity contribution in [3.05, 3.63) is 40.4 Å². The lowest BCUT2D eigenvalue weighted by Crippen LogP contribution is -2.22. The van der Waals surface area contributed by atoms with E-state index in [9.17, 15) is 4.39 Å². The van der Waals surface area contributed by atoms with Gasteiger partial charge in [-0.05, 0) is 23.4 Å². The van der Waals surface area contributed by atoms with Crippen LogP contribution in [0.15, 0.2) is 27.8 Å². The normalized spacial score (nSPS) is 11.7. The number of nitrogens with one attached hydrogen (secondary N) is 2. The molecule has 10 heteroatoms. The maximum Gasteiger partial charge on any atom is 0.175 e. The first-order chi connectivity index (χ1) is 10.7. The molecule has 0 aliphatic heterocycles. The molecule has 2 rings (SSSR count). The molecule has 118 valence electrons. The molecule has 0 aliphatic carbocycles. The van der Waals surface area contributed by atoms with Crippen molar-refractivity contribution in [2.24, 2.45) is 4.99 Å². The van der Waals surface area contributed by atoms with Crippen molar-refractivity contribution < 1.29 is 14.1 Å². The number of thiol groups is 1. The van der Waals surface area contributed by atoms with Gasteiger partial charge in [-0.1, -0.05) is 29.6 Å². The lowest BCUT2D eigenvalue weighted by molar-refractivity contribution is 0.287. The lowest BCUT2D eigenvalue weighted by Gasteiger charge is -2.04. The zero-order chi connectivity index (χ0) is 15.9. The molecule has 22 heavy (non-hydrogen) atoms. The molecular formula is C12H13ClFN5O2S. The van der Waals surface area contributed by atoms with Gasteiger partial charge in [-0.3, -0.25) is 0 Å². The van der Waals surface area contributed by atoms with Crippen LogP contribution in [0.3, 0.4) is 0 Å². The lowest BCUT2D eigenvalue weighted by atomic mass is 10.2. The minimum Gasteiger partial charge on any atom is -0.395 e. The number of hydrogen-bond acceptors (Lipinski definition) is 7. The van der Waals surface area contributed by atoms with Crippen LogP contribution < -0.4 is 10.0 Å². The van der Waals surface area contributed by atoms with Gasteiger partial charge in [-0.15, -0.1) is 0 Å². The molecule has 0 saturated carbocycles. The number of halogens is 2. The highest BCUT2D eigenvalue weighted by Gasteiger charge is 2.16. The van der Waals surface area contributed by atoms with Crippen LogP contribution in [0.2, 0.25) is 5.02 Å². The number of aliphatic hydroxyl groups is 1. The Balaban J connectivity index is 2.25. The fraction of sp³-hybridized carbons (Fsp3) is 0.250. The number of amidine groups is 1. The van der Waals surface area contributed by atoms with Crippen LogP contribution in [-0.2, 0) is 6.54 Å². The van der Waals surface area contributed by atoms with Crippen LogP contribution in [0.4, 0.5) is 10.1 Å². The Morgan fingerprint density at radius 3 is 2.95 bits per heavy atom. The van der Waals surface area contributed by atoms with Gasteiger partial charge >= 0.3 is 0 Å². The maximum absolute atomic E-state index is 13.2. The zero-order valence-corrected chi connectivity index (χ0v) is 12.9. The molecule has 0 spiro atoms. The summed E-state index contributed by atoms with van der Waals surface area (Å²) in [6.45, 7) is 0.735. The average Bonchev–Trinajstić information content (AvgIpc) is 2.97. The highest BCUT2D eigenvalue weighted by atomic mass is 35.5. The number of benzene rings is 1. The van der Waals surface area contributed by atoms with Gasteiger partial charge < -0.3 is 15.1 Å².